The van der Waals surface area contributed by atoms with Crippen molar-refractivity contribution in [3.63, 3.8) is 0 Å². The fourth-order valence-electron chi connectivity index (χ4n) is 1.45. The summed E-state index contributed by atoms with van der Waals surface area (Å²) in [6.45, 7) is 3.98. The van der Waals surface area contributed by atoms with Crippen LogP contribution in [0.1, 0.15) is 11.3 Å². The lowest BCUT2D eigenvalue weighted by Crippen LogP contribution is -1.78. The Bertz CT molecular complexity index is 431. The predicted molar refractivity (Wildman–Crippen MR) is 50.6 cm³/mol. The number of fused-ring (bicyclic) bond motifs is 1. The SMILES string of the molecule is Cc1n[nH]c2ccc(Cl)c(C)c12. The van der Waals surface area contributed by atoms with Gasteiger partial charge in [-0.25, -0.2) is 0 Å². The van der Waals surface area contributed by atoms with Crippen LogP contribution in [-0.4, -0.2) is 10.2 Å². The molecule has 0 radical (unpaired) electrons. The summed E-state index contributed by atoms with van der Waals surface area (Å²) in [6.07, 6.45) is 0. The minimum Gasteiger partial charge on any atom is -0.278 e. The van der Waals surface area contributed by atoms with E-state index in [0.717, 1.165) is 27.2 Å². The summed E-state index contributed by atoms with van der Waals surface area (Å²) < 4.78 is 0. The molecule has 0 spiro atoms. The lowest BCUT2D eigenvalue weighted by atomic mass is 10.1. The van der Waals surface area contributed by atoms with Gasteiger partial charge in [-0.1, -0.05) is 11.6 Å². The van der Waals surface area contributed by atoms with Crippen molar-refractivity contribution in [2.45, 2.75) is 13.8 Å². The molecule has 2 aromatic rings. The second-order valence-electron chi connectivity index (χ2n) is 2.90. The largest absolute Gasteiger partial charge is 0.278 e. The Hall–Kier alpha value is -1.02. The van der Waals surface area contributed by atoms with E-state index >= 15 is 0 Å². The molecule has 0 unspecified atom stereocenters. The van der Waals surface area contributed by atoms with Crippen LogP contribution in [0.15, 0.2) is 12.1 Å². The van der Waals surface area contributed by atoms with Crippen molar-refractivity contribution in [3.8, 4) is 0 Å². The molecule has 0 fully saturated rings. The summed E-state index contributed by atoms with van der Waals surface area (Å²) in [4.78, 5) is 0. The van der Waals surface area contributed by atoms with Gasteiger partial charge >= 0.3 is 0 Å². The van der Waals surface area contributed by atoms with Gasteiger partial charge in [-0.05, 0) is 31.5 Å². The van der Waals surface area contributed by atoms with E-state index in [1.807, 2.05) is 26.0 Å². The zero-order chi connectivity index (χ0) is 8.72. The molecule has 0 amide bonds. The van der Waals surface area contributed by atoms with Gasteiger partial charge in [0.2, 0.25) is 0 Å². The van der Waals surface area contributed by atoms with Crippen molar-refractivity contribution < 1.29 is 0 Å². The summed E-state index contributed by atoms with van der Waals surface area (Å²) >= 11 is 5.97. The average Bonchev–Trinajstić information content (AvgIpc) is 2.41. The highest BCUT2D eigenvalue weighted by atomic mass is 35.5. The van der Waals surface area contributed by atoms with Crippen LogP contribution in [-0.2, 0) is 0 Å². The molecule has 3 heteroatoms. The van der Waals surface area contributed by atoms with E-state index in [1.54, 1.807) is 0 Å². The van der Waals surface area contributed by atoms with Gasteiger partial charge in [0.15, 0.2) is 0 Å². The molecule has 1 N–H and O–H groups in total. The molecule has 1 aromatic carbocycles. The standard InChI is InChI=1S/C9H9ClN2/c1-5-7(10)3-4-8-9(5)6(2)11-12-8/h3-4H,1-2H3,(H,11,12). The summed E-state index contributed by atoms with van der Waals surface area (Å²) in [7, 11) is 0. The van der Waals surface area contributed by atoms with E-state index in [1.165, 1.54) is 0 Å². The fraction of sp³-hybridized carbons (Fsp3) is 0.222. The van der Waals surface area contributed by atoms with Gasteiger partial charge in [0.25, 0.3) is 0 Å². The molecule has 2 nitrogen and oxygen atoms in total. The second-order valence-corrected chi connectivity index (χ2v) is 3.31. The highest BCUT2D eigenvalue weighted by Gasteiger charge is 2.06. The van der Waals surface area contributed by atoms with Crippen LogP contribution in [0.25, 0.3) is 10.9 Å². The first-order chi connectivity index (χ1) is 5.70. The molecule has 0 bridgehead atoms. The Kier molecular flexibility index (Phi) is 1.58. The molecule has 2 rings (SSSR count). The monoisotopic (exact) mass is 180 g/mol. The number of nitrogens with zero attached hydrogens (tertiary/aromatic N) is 1. The third kappa shape index (κ3) is 0.916. The molecule has 0 atom stereocenters. The zero-order valence-electron chi connectivity index (χ0n) is 6.98. The quantitative estimate of drug-likeness (QED) is 0.664. The van der Waals surface area contributed by atoms with Crippen molar-refractivity contribution in [1.82, 2.24) is 10.2 Å². The van der Waals surface area contributed by atoms with Crippen LogP contribution in [0.3, 0.4) is 0 Å². The third-order valence-corrected chi connectivity index (χ3v) is 2.51. The van der Waals surface area contributed by atoms with Crippen LogP contribution in [0.4, 0.5) is 0 Å². The summed E-state index contributed by atoms with van der Waals surface area (Å²) in [5, 5.41) is 9.00. The lowest BCUT2D eigenvalue weighted by Gasteiger charge is -1.98. The number of H-pyrrole nitrogens is 1. The first-order valence-electron chi connectivity index (χ1n) is 3.80. The van der Waals surface area contributed by atoms with Crippen molar-refractivity contribution >= 4 is 22.5 Å². The van der Waals surface area contributed by atoms with Gasteiger partial charge < -0.3 is 0 Å². The van der Waals surface area contributed by atoms with Gasteiger partial charge in [0.1, 0.15) is 0 Å². The summed E-state index contributed by atoms with van der Waals surface area (Å²) in [5.74, 6) is 0. The van der Waals surface area contributed by atoms with Gasteiger partial charge in [-0.3, -0.25) is 5.10 Å². The molecule has 0 saturated heterocycles. The summed E-state index contributed by atoms with van der Waals surface area (Å²) in [5.41, 5.74) is 3.15. The van der Waals surface area contributed by atoms with Crippen LogP contribution in [0.2, 0.25) is 5.02 Å². The van der Waals surface area contributed by atoms with Gasteiger partial charge in [0.05, 0.1) is 11.2 Å². The maximum atomic E-state index is 5.97. The summed E-state index contributed by atoms with van der Waals surface area (Å²) in [6, 6.07) is 3.83. The molecule has 0 aliphatic rings. The van der Waals surface area contributed by atoms with Crippen LogP contribution in [0.5, 0.6) is 0 Å². The van der Waals surface area contributed by atoms with Gasteiger partial charge in [0, 0.05) is 10.4 Å². The number of rotatable bonds is 0. The maximum absolute atomic E-state index is 5.97. The molecule has 1 aromatic heterocycles. The van der Waals surface area contributed by atoms with Crippen LogP contribution < -0.4 is 0 Å². The van der Waals surface area contributed by atoms with E-state index in [-0.39, 0.29) is 0 Å². The Morgan fingerprint density at radius 2 is 2.08 bits per heavy atom. The predicted octanol–water partition coefficient (Wildman–Crippen LogP) is 2.83. The molecular formula is C9H9ClN2. The van der Waals surface area contributed by atoms with E-state index < -0.39 is 0 Å². The van der Waals surface area contributed by atoms with Crippen LogP contribution in [0, 0.1) is 13.8 Å². The van der Waals surface area contributed by atoms with Crippen LogP contribution >= 0.6 is 11.6 Å². The highest BCUT2D eigenvalue weighted by molar-refractivity contribution is 6.32. The van der Waals surface area contributed by atoms with Crippen molar-refractivity contribution in [2.24, 2.45) is 0 Å². The topological polar surface area (TPSA) is 28.7 Å². The smallest absolute Gasteiger partial charge is 0.0673 e. The zero-order valence-corrected chi connectivity index (χ0v) is 7.74. The molecule has 12 heavy (non-hydrogen) atoms. The fourth-order valence-corrected chi connectivity index (χ4v) is 1.60. The molecule has 1 heterocycles. The van der Waals surface area contributed by atoms with E-state index in [9.17, 15) is 0 Å². The Balaban J connectivity index is 2.96. The third-order valence-electron chi connectivity index (χ3n) is 2.10. The minimum absolute atomic E-state index is 0.798. The number of nitrogens with one attached hydrogen (secondary N) is 1. The molecule has 0 aliphatic heterocycles. The minimum atomic E-state index is 0.798. The number of halogens is 1. The first kappa shape index (κ1) is 7.62. The Morgan fingerprint density at radius 3 is 2.83 bits per heavy atom. The number of hydrogen-bond donors (Lipinski definition) is 1. The van der Waals surface area contributed by atoms with Crippen molar-refractivity contribution in [1.29, 1.82) is 0 Å². The second kappa shape index (κ2) is 2.49. The van der Waals surface area contributed by atoms with E-state index in [0.29, 0.717) is 0 Å². The number of aromatic amines is 1. The number of aryl methyl sites for hydroxylation is 2. The van der Waals surface area contributed by atoms with Crippen molar-refractivity contribution in [2.75, 3.05) is 0 Å². The first-order valence-corrected chi connectivity index (χ1v) is 4.17. The number of hydrogen-bond acceptors (Lipinski definition) is 1. The van der Waals surface area contributed by atoms with E-state index in [4.69, 9.17) is 11.6 Å². The molecular weight excluding hydrogens is 172 g/mol. The van der Waals surface area contributed by atoms with Crippen molar-refractivity contribution in [3.05, 3.63) is 28.4 Å². The van der Waals surface area contributed by atoms with Gasteiger partial charge in [-0.2, -0.15) is 5.10 Å². The lowest BCUT2D eigenvalue weighted by molar-refractivity contribution is 1.07. The molecule has 62 valence electrons. The maximum Gasteiger partial charge on any atom is 0.0673 e. The highest BCUT2D eigenvalue weighted by Crippen LogP contribution is 2.25. The average molecular weight is 181 g/mol. The van der Waals surface area contributed by atoms with E-state index in [2.05, 4.69) is 10.2 Å². The Morgan fingerprint density at radius 1 is 1.33 bits per heavy atom. The molecule has 0 saturated carbocycles. The molecule has 0 aliphatic carbocycles. The van der Waals surface area contributed by atoms with Gasteiger partial charge in [-0.15, -0.1) is 0 Å². The number of aromatic nitrogens is 2. The Labute approximate surface area is 75.5 Å². The normalized spacial score (nSPS) is 10.9. The number of benzene rings is 1.